The molecule has 0 spiro atoms. The predicted octanol–water partition coefficient (Wildman–Crippen LogP) is -2.72. The van der Waals surface area contributed by atoms with Crippen molar-refractivity contribution in [2.45, 2.75) is 177 Å². The normalized spacial score (nSPS) is 48.0. The summed E-state index contributed by atoms with van der Waals surface area (Å²) < 4.78 is 52.4. The highest BCUT2D eigenvalue weighted by Crippen LogP contribution is 2.35. The summed E-state index contributed by atoms with van der Waals surface area (Å²) in [6, 6.07) is -0.835. The summed E-state index contributed by atoms with van der Waals surface area (Å²) in [6.07, 6.45) is -22.7. The molecule has 1 amide bonds. The van der Waals surface area contributed by atoms with Crippen molar-refractivity contribution in [3.8, 4) is 0 Å². The van der Waals surface area contributed by atoms with Crippen molar-refractivity contribution in [3.63, 3.8) is 0 Å². The summed E-state index contributed by atoms with van der Waals surface area (Å²) in [5.41, 5.74) is 0. The van der Waals surface area contributed by atoms with Crippen LogP contribution in [0.1, 0.15) is 53.9 Å². The van der Waals surface area contributed by atoms with Gasteiger partial charge in [-0.05, 0) is 46.3 Å². The van der Waals surface area contributed by atoms with E-state index in [0.29, 0.717) is 6.42 Å². The van der Waals surface area contributed by atoms with E-state index in [4.69, 9.17) is 42.6 Å². The van der Waals surface area contributed by atoms with Crippen LogP contribution in [0.25, 0.3) is 0 Å². The van der Waals surface area contributed by atoms with E-state index in [1.807, 2.05) is 0 Å². The predicted molar refractivity (Wildman–Crippen MR) is 176 cm³/mol. The molecule has 4 aliphatic rings. The van der Waals surface area contributed by atoms with Crippen LogP contribution < -0.4 is 5.32 Å². The van der Waals surface area contributed by atoms with Crippen LogP contribution in [0.4, 0.5) is 0 Å². The van der Waals surface area contributed by atoms with Crippen molar-refractivity contribution in [1.82, 2.24) is 5.32 Å². The number of aliphatic hydroxyl groups excluding tert-OH is 7. The first-order valence-electron chi connectivity index (χ1n) is 17.5. The molecule has 0 radical (unpaired) electrons. The fraction of sp³-hybridized carbons (Fsp3) is 0.969. The zero-order chi connectivity index (χ0) is 37.7. The third-order valence-electron chi connectivity index (χ3n) is 9.78. The van der Waals surface area contributed by atoms with Gasteiger partial charge in [-0.2, -0.15) is 12.6 Å². The van der Waals surface area contributed by atoms with Gasteiger partial charge in [-0.15, -0.1) is 0 Å². The van der Waals surface area contributed by atoms with E-state index in [1.165, 1.54) is 27.9 Å². The van der Waals surface area contributed by atoms with Crippen molar-refractivity contribution in [2.75, 3.05) is 19.5 Å². The van der Waals surface area contributed by atoms with Gasteiger partial charge in [0.1, 0.15) is 67.1 Å². The molecule has 4 saturated heterocycles. The zero-order valence-corrected chi connectivity index (χ0v) is 30.6. The topological polar surface area (TPSA) is 254 Å². The minimum atomic E-state index is -1.74. The van der Waals surface area contributed by atoms with Crippen molar-refractivity contribution in [3.05, 3.63) is 0 Å². The monoisotopic (exact) mass is 759 g/mol. The molecule has 0 saturated carbocycles. The Bertz CT molecular complexity index is 1080. The van der Waals surface area contributed by atoms with Crippen LogP contribution in [0.5, 0.6) is 0 Å². The molecule has 51 heavy (non-hydrogen) atoms. The number of nitrogens with one attached hydrogen (secondary N) is 1. The van der Waals surface area contributed by atoms with Gasteiger partial charge in [-0.1, -0.05) is 6.42 Å². The molecule has 18 nitrogen and oxygen atoms in total. The number of ether oxygens (including phenoxy) is 9. The lowest BCUT2D eigenvalue weighted by Crippen LogP contribution is -2.67. The Morgan fingerprint density at radius 2 is 1.08 bits per heavy atom. The molecule has 298 valence electrons. The summed E-state index contributed by atoms with van der Waals surface area (Å²) in [5.74, 6) is 0.327. The second-order valence-electron chi connectivity index (χ2n) is 13.7. The quantitative estimate of drug-likeness (QED) is 0.0645. The Labute approximate surface area is 302 Å². The number of rotatable bonds is 14. The van der Waals surface area contributed by atoms with E-state index in [-0.39, 0.29) is 6.61 Å². The molecular weight excluding hydrogens is 702 g/mol. The Balaban J connectivity index is 1.47. The van der Waals surface area contributed by atoms with Gasteiger partial charge >= 0.3 is 0 Å². The third-order valence-corrected chi connectivity index (χ3v) is 10.1. The number of unbranched alkanes of at least 4 members (excludes halogenated alkanes) is 2. The maximum atomic E-state index is 11.7. The number of hydrogen-bond acceptors (Lipinski definition) is 18. The zero-order valence-electron chi connectivity index (χ0n) is 29.7. The number of methoxy groups -OCH3 is 1. The van der Waals surface area contributed by atoms with Gasteiger partial charge < -0.3 is 83.7 Å². The average Bonchev–Trinajstić information content (AvgIpc) is 3.08. The van der Waals surface area contributed by atoms with Crippen molar-refractivity contribution in [2.24, 2.45) is 0 Å². The summed E-state index contributed by atoms with van der Waals surface area (Å²) in [6.45, 7) is 7.71. The molecule has 0 unspecified atom stereocenters. The number of carbonyl (C=O) groups is 1. The lowest BCUT2D eigenvalue weighted by molar-refractivity contribution is -0.387. The van der Waals surface area contributed by atoms with E-state index in [2.05, 4.69) is 17.9 Å². The summed E-state index contributed by atoms with van der Waals surface area (Å²) in [4.78, 5) is 11.7. The first kappa shape index (κ1) is 42.9. The Hall–Kier alpha value is -0.820. The number of hydrogen-bond donors (Lipinski definition) is 9. The summed E-state index contributed by atoms with van der Waals surface area (Å²) in [7, 11) is 1.30. The van der Waals surface area contributed by atoms with Crippen molar-refractivity contribution < 1.29 is 83.2 Å². The van der Waals surface area contributed by atoms with Crippen LogP contribution in [0.2, 0.25) is 0 Å². The SMILES string of the molecule is CO[C@H]1[C@H](O[C@@H]2[C@@H](O)[C@H](C)O[C@@H](O[C@@H]3[C@@H](O)[C@H](C)O[C@@H](O[C@H]4[C@H](OCCCCCS)O[C@@H](C)[C@H](O)[C@H]4O)[C@@H]3O)[C@@H]2O)O[C@H](C)[C@@H](NC(C)=O)[C@@H]1O. The molecule has 4 heterocycles. The van der Waals surface area contributed by atoms with E-state index < -0.39 is 129 Å². The largest absolute Gasteiger partial charge is 0.388 e. The molecule has 4 fully saturated rings. The maximum absolute atomic E-state index is 11.7. The molecule has 0 aromatic heterocycles. The minimum Gasteiger partial charge on any atom is -0.388 e. The van der Waals surface area contributed by atoms with Gasteiger partial charge in [0.25, 0.3) is 0 Å². The smallest absolute Gasteiger partial charge is 0.217 e. The molecule has 0 bridgehead atoms. The molecule has 0 aromatic carbocycles. The van der Waals surface area contributed by atoms with Gasteiger partial charge in [0.15, 0.2) is 25.2 Å². The summed E-state index contributed by atoms with van der Waals surface area (Å²) in [5, 5.41) is 79.9. The van der Waals surface area contributed by atoms with Gasteiger partial charge in [-0.25, -0.2) is 0 Å². The molecule has 4 aliphatic heterocycles. The molecule has 0 aromatic rings. The van der Waals surface area contributed by atoms with Gasteiger partial charge in [0.05, 0.1) is 30.5 Å². The second kappa shape index (κ2) is 19.2. The van der Waals surface area contributed by atoms with Crippen LogP contribution in [0.15, 0.2) is 0 Å². The van der Waals surface area contributed by atoms with E-state index in [9.17, 15) is 40.5 Å². The fourth-order valence-corrected chi connectivity index (χ4v) is 6.91. The van der Waals surface area contributed by atoms with Crippen LogP contribution in [0.3, 0.4) is 0 Å². The Morgan fingerprint density at radius 3 is 1.61 bits per heavy atom. The highest BCUT2D eigenvalue weighted by molar-refractivity contribution is 7.80. The van der Waals surface area contributed by atoms with E-state index >= 15 is 0 Å². The van der Waals surface area contributed by atoms with E-state index in [1.54, 1.807) is 13.8 Å². The molecule has 0 aliphatic carbocycles. The van der Waals surface area contributed by atoms with Crippen molar-refractivity contribution >= 4 is 18.5 Å². The fourth-order valence-electron chi connectivity index (χ4n) is 6.69. The first-order valence-corrected chi connectivity index (χ1v) is 18.1. The summed E-state index contributed by atoms with van der Waals surface area (Å²) >= 11 is 4.21. The number of carbonyl (C=O) groups excluding carboxylic acids is 1. The Kier molecular flexibility index (Phi) is 16.1. The van der Waals surface area contributed by atoms with Crippen LogP contribution in [-0.4, -0.2) is 184 Å². The lowest BCUT2D eigenvalue weighted by atomic mass is 9.95. The first-order chi connectivity index (χ1) is 24.1. The van der Waals surface area contributed by atoms with Crippen molar-refractivity contribution in [1.29, 1.82) is 0 Å². The molecule has 8 N–H and O–H groups in total. The third kappa shape index (κ3) is 10.1. The average molecular weight is 760 g/mol. The molecule has 4 rings (SSSR count). The second-order valence-corrected chi connectivity index (χ2v) is 14.1. The van der Waals surface area contributed by atoms with Crippen LogP contribution in [0, 0.1) is 0 Å². The van der Waals surface area contributed by atoms with E-state index in [0.717, 1.165) is 18.6 Å². The molecule has 20 atom stereocenters. The highest BCUT2D eigenvalue weighted by atomic mass is 32.1. The standard InChI is InChI=1S/C32H57NO17S/c1-12-17(33-16(5)34)21(38)27(42-6)32(44-12)49-26-20(37)15(4)45-29(24(26)41)48-25-19(36)14(3)46-30(23(25)40)50-28-22(39)18(35)13(2)47-31(28)43-10-8-7-9-11-51/h12-15,17-32,35-41,51H,7-11H2,1-6H3,(H,33,34)/t12-,13+,14+,15+,17-,18+,19+,20+,21+,22-,23-,24-,25-,26-,27-,28-,29+,30+,31-,32+/m1/s1. The molecular formula is C32H57NO17S. The number of amides is 1. The highest BCUT2D eigenvalue weighted by Gasteiger charge is 2.54. The van der Waals surface area contributed by atoms with Gasteiger partial charge in [0, 0.05) is 20.6 Å². The number of thiol groups is 1. The van der Waals surface area contributed by atoms with Crippen LogP contribution in [-0.2, 0) is 47.4 Å². The number of aliphatic hydroxyl groups is 7. The lowest BCUT2D eigenvalue weighted by Gasteiger charge is -2.49. The minimum absolute atomic E-state index is 0.262. The molecule has 19 heteroatoms. The van der Waals surface area contributed by atoms with Gasteiger partial charge in [-0.3, -0.25) is 4.79 Å². The maximum Gasteiger partial charge on any atom is 0.217 e. The van der Waals surface area contributed by atoms with Crippen LogP contribution >= 0.6 is 12.6 Å². The Morgan fingerprint density at radius 1 is 0.588 bits per heavy atom. The van der Waals surface area contributed by atoms with Gasteiger partial charge in [0.2, 0.25) is 5.91 Å².